The molecule has 7 heteroatoms. The van der Waals surface area contributed by atoms with Crippen LogP contribution in [0.15, 0.2) is 0 Å². The van der Waals surface area contributed by atoms with E-state index in [2.05, 4.69) is 0 Å². The molecule has 23 heavy (non-hydrogen) atoms. The zero-order chi connectivity index (χ0) is 17.6. The molecule has 0 aromatic heterocycles. The van der Waals surface area contributed by atoms with Gasteiger partial charge in [-0.25, -0.2) is 4.79 Å². The molecule has 0 aliphatic carbocycles. The molecule has 1 N–H and O–H groups in total. The maximum absolute atomic E-state index is 12.7. The van der Waals surface area contributed by atoms with Crippen molar-refractivity contribution in [3.63, 3.8) is 0 Å². The number of amides is 3. The van der Waals surface area contributed by atoms with Crippen LogP contribution in [0.5, 0.6) is 0 Å². The van der Waals surface area contributed by atoms with Gasteiger partial charge < -0.3 is 19.8 Å². The molecule has 132 valence electrons. The van der Waals surface area contributed by atoms with Crippen molar-refractivity contribution in [1.29, 1.82) is 0 Å². The molecule has 7 nitrogen and oxygen atoms in total. The second-order valence-electron chi connectivity index (χ2n) is 6.76. The van der Waals surface area contributed by atoms with Crippen molar-refractivity contribution < 1.29 is 19.5 Å². The Balaban J connectivity index is 2.60. The first-order valence-corrected chi connectivity index (χ1v) is 8.19. The number of carbonyl (C=O) groups excluding carboxylic acids is 2. The van der Waals surface area contributed by atoms with Crippen LogP contribution in [0.25, 0.3) is 0 Å². The number of urea groups is 1. The predicted molar refractivity (Wildman–Crippen MR) is 87.1 cm³/mol. The fourth-order valence-corrected chi connectivity index (χ4v) is 2.82. The summed E-state index contributed by atoms with van der Waals surface area (Å²) >= 11 is 0. The number of hydrogen-bond donors (Lipinski definition) is 1. The van der Waals surface area contributed by atoms with Gasteiger partial charge in [0.25, 0.3) is 0 Å². The summed E-state index contributed by atoms with van der Waals surface area (Å²) in [6.45, 7) is 5.99. The van der Waals surface area contributed by atoms with Gasteiger partial charge >= 0.3 is 12.0 Å². The molecule has 0 bridgehead atoms. The van der Waals surface area contributed by atoms with Crippen molar-refractivity contribution in [2.45, 2.75) is 33.1 Å². The van der Waals surface area contributed by atoms with Crippen LogP contribution in [0.3, 0.4) is 0 Å². The van der Waals surface area contributed by atoms with Crippen LogP contribution in [-0.2, 0) is 9.59 Å². The average molecular weight is 327 g/mol. The van der Waals surface area contributed by atoms with Gasteiger partial charge in [-0.15, -0.1) is 0 Å². The van der Waals surface area contributed by atoms with Crippen molar-refractivity contribution in [2.24, 2.45) is 11.8 Å². The van der Waals surface area contributed by atoms with E-state index in [0.29, 0.717) is 38.4 Å². The fourth-order valence-electron chi connectivity index (χ4n) is 2.82. The first kappa shape index (κ1) is 19.3. The Labute approximate surface area is 138 Å². The Morgan fingerprint density at radius 2 is 1.74 bits per heavy atom. The number of hydrogen-bond acceptors (Lipinski definition) is 3. The highest BCUT2D eigenvalue weighted by molar-refractivity contribution is 5.80. The van der Waals surface area contributed by atoms with E-state index in [9.17, 15) is 14.4 Å². The molecule has 1 rings (SSSR count). The third-order valence-electron chi connectivity index (χ3n) is 3.99. The summed E-state index contributed by atoms with van der Waals surface area (Å²) in [6.07, 6.45) is 1.25. The van der Waals surface area contributed by atoms with Crippen molar-refractivity contribution in [2.75, 3.05) is 40.3 Å². The van der Waals surface area contributed by atoms with Crippen molar-refractivity contribution in [1.82, 2.24) is 14.7 Å². The van der Waals surface area contributed by atoms with E-state index in [-0.39, 0.29) is 30.8 Å². The standard InChI is InChI=1S/C16H29N3O4/c1-12(2)11-19(10-7-14(20)21)15(22)13-5-8-18(9-6-13)16(23)17(3)4/h12-13H,5-11H2,1-4H3,(H,20,21). The fraction of sp³-hybridized carbons (Fsp3) is 0.812. The van der Waals surface area contributed by atoms with E-state index in [4.69, 9.17) is 5.11 Å². The van der Waals surface area contributed by atoms with Crippen molar-refractivity contribution >= 4 is 17.9 Å². The lowest BCUT2D eigenvalue weighted by Crippen LogP contribution is -2.48. The maximum atomic E-state index is 12.7. The highest BCUT2D eigenvalue weighted by atomic mass is 16.4. The molecule has 0 aromatic carbocycles. The predicted octanol–water partition coefficient (Wildman–Crippen LogP) is 1.34. The minimum Gasteiger partial charge on any atom is -0.481 e. The minimum absolute atomic E-state index is 0.0249. The van der Waals surface area contributed by atoms with E-state index in [1.54, 1.807) is 28.8 Å². The van der Waals surface area contributed by atoms with Crippen LogP contribution >= 0.6 is 0 Å². The second-order valence-corrected chi connectivity index (χ2v) is 6.76. The molecule has 1 heterocycles. The molecular weight excluding hydrogens is 298 g/mol. The van der Waals surface area contributed by atoms with Crippen molar-refractivity contribution in [3.05, 3.63) is 0 Å². The molecule has 0 aromatic rings. The zero-order valence-corrected chi connectivity index (χ0v) is 14.6. The number of aliphatic carboxylic acids is 1. The molecule has 0 atom stereocenters. The lowest BCUT2D eigenvalue weighted by atomic mass is 9.95. The normalized spacial score (nSPS) is 15.6. The van der Waals surface area contributed by atoms with E-state index in [1.807, 2.05) is 13.8 Å². The Morgan fingerprint density at radius 1 is 1.17 bits per heavy atom. The Morgan fingerprint density at radius 3 is 2.17 bits per heavy atom. The molecule has 0 spiro atoms. The van der Waals surface area contributed by atoms with Gasteiger partial charge in [0.15, 0.2) is 0 Å². The maximum Gasteiger partial charge on any atom is 0.319 e. The van der Waals surface area contributed by atoms with E-state index >= 15 is 0 Å². The van der Waals surface area contributed by atoms with Crippen LogP contribution in [0, 0.1) is 11.8 Å². The number of carboxylic acid groups (broad SMARTS) is 1. The van der Waals surface area contributed by atoms with Gasteiger partial charge in [-0.2, -0.15) is 0 Å². The quantitative estimate of drug-likeness (QED) is 0.798. The number of likely N-dealkylation sites (tertiary alicyclic amines) is 1. The molecule has 0 radical (unpaired) electrons. The van der Waals surface area contributed by atoms with Gasteiger partial charge in [-0.05, 0) is 18.8 Å². The molecule has 3 amide bonds. The summed E-state index contributed by atoms with van der Waals surface area (Å²) in [5, 5.41) is 8.85. The van der Waals surface area contributed by atoms with Crippen LogP contribution in [0.4, 0.5) is 4.79 Å². The number of carboxylic acids is 1. The van der Waals surface area contributed by atoms with Gasteiger partial charge in [0.2, 0.25) is 5.91 Å². The summed E-state index contributed by atoms with van der Waals surface area (Å²) in [6, 6.07) is -0.0270. The Bertz CT molecular complexity index is 429. The average Bonchev–Trinajstić information content (AvgIpc) is 2.49. The summed E-state index contributed by atoms with van der Waals surface area (Å²) in [7, 11) is 3.44. The van der Waals surface area contributed by atoms with Gasteiger partial charge in [0, 0.05) is 46.2 Å². The summed E-state index contributed by atoms with van der Waals surface area (Å²) in [4.78, 5) is 40.4. The number of rotatable bonds is 6. The molecule has 1 aliphatic heterocycles. The van der Waals surface area contributed by atoms with Gasteiger partial charge in [0.05, 0.1) is 6.42 Å². The second kappa shape index (κ2) is 8.74. The van der Waals surface area contributed by atoms with E-state index in [0.717, 1.165) is 0 Å². The Kier molecular flexibility index (Phi) is 7.32. The van der Waals surface area contributed by atoms with Gasteiger partial charge in [-0.3, -0.25) is 9.59 Å². The topological polar surface area (TPSA) is 81.2 Å². The van der Waals surface area contributed by atoms with Gasteiger partial charge in [0.1, 0.15) is 0 Å². The van der Waals surface area contributed by atoms with Crippen LogP contribution in [-0.4, -0.2) is 78.0 Å². The SMILES string of the molecule is CC(C)CN(CCC(=O)O)C(=O)C1CCN(C(=O)N(C)C)CC1. The highest BCUT2D eigenvalue weighted by Gasteiger charge is 2.31. The van der Waals surface area contributed by atoms with Crippen molar-refractivity contribution in [3.8, 4) is 0 Å². The largest absolute Gasteiger partial charge is 0.481 e. The zero-order valence-electron chi connectivity index (χ0n) is 14.6. The highest BCUT2D eigenvalue weighted by Crippen LogP contribution is 2.21. The number of nitrogens with zero attached hydrogens (tertiary/aromatic N) is 3. The van der Waals surface area contributed by atoms with Gasteiger partial charge in [-0.1, -0.05) is 13.8 Å². The molecule has 1 fully saturated rings. The molecule has 0 unspecified atom stereocenters. The third-order valence-corrected chi connectivity index (χ3v) is 3.99. The summed E-state index contributed by atoms with van der Waals surface area (Å²) in [5.41, 5.74) is 0. The lowest BCUT2D eigenvalue weighted by molar-refractivity contribution is -0.140. The van der Waals surface area contributed by atoms with E-state index < -0.39 is 5.97 Å². The molecule has 0 saturated carbocycles. The van der Waals surface area contributed by atoms with Crippen LogP contribution in [0.1, 0.15) is 33.1 Å². The smallest absolute Gasteiger partial charge is 0.319 e. The molecule has 1 aliphatic rings. The summed E-state index contributed by atoms with van der Waals surface area (Å²) in [5.74, 6) is -0.688. The number of piperidine rings is 1. The van der Waals surface area contributed by atoms with E-state index in [1.165, 1.54) is 0 Å². The molecular formula is C16H29N3O4. The first-order chi connectivity index (χ1) is 10.7. The minimum atomic E-state index is -0.891. The molecule has 1 saturated heterocycles. The van der Waals surface area contributed by atoms with Crippen LogP contribution < -0.4 is 0 Å². The van der Waals surface area contributed by atoms with Crippen LogP contribution in [0.2, 0.25) is 0 Å². The lowest BCUT2D eigenvalue weighted by Gasteiger charge is -2.35. The summed E-state index contributed by atoms with van der Waals surface area (Å²) < 4.78 is 0. The number of carbonyl (C=O) groups is 3. The third kappa shape index (κ3) is 6.08. The monoisotopic (exact) mass is 327 g/mol. The first-order valence-electron chi connectivity index (χ1n) is 8.19. The Hall–Kier alpha value is -1.79.